The molecule has 2 N–H and O–H groups in total. The molecule has 1 atom stereocenters. The summed E-state index contributed by atoms with van der Waals surface area (Å²) in [4.78, 5) is 14.7. The van der Waals surface area contributed by atoms with E-state index in [-0.39, 0.29) is 23.6 Å². The highest BCUT2D eigenvalue weighted by atomic mass is 19.1. The van der Waals surface area contributed by atoms with Crippen molar-refractivity contribution in [1.29, 1.82) is 0 Å². The lowest BCUT2D eigenvalue weighted by Gasteiger charge is -2.38. The van der Waals surface area contributed by atoms with Crippen molar-refractivity contribution in [3.63, 3.8) is 0 Å². The highest BCUT2D eigenvalue weighted by molar-refractivity contribution is 5.96. The molecule has 0 spiro atoms. The molecule has 0 unspecified atom stereocenters. The molecule has 0 aliphatic carbocycles. The summed E-state index contributed by atoms with van der Waals surface area (Å²) in [6.07, 6.45) is 3.17. The van der Waals surface area contributed by atoms with Crippen LogP contribution in [0.25, 0.3) is 11.0 Å². The van der Waals surface area contributed by atoms with E-state index in [1.54, 1.807) is 18.2 Å². The second-order valence-electron chi connectivity index (χ2n) is 9.11. The molecule has 3 heterocycles. The molecule has 2 saturated heterocycles. The van der Waals surface area contributed by atoms with Gasteiger partial charge in [-0.3, -0.25) is 9.69 Å². The Balaban J connectivity index is 1.24. The van der Waals surface area contributed by atoms with Gasteiger partial charge in [0, 0.05) is 43.7 Å². The zero-order valence-electron chi connectivity index (χ0n) is 18.6. The maximum atomic E-state index is 14.0. The fourth-order valence-electron chi connectivity index (χ4n) is 4.78. The summed E-state index contributed by atoms with van der Waals surface area (Å²) in [6, 6.07) is 14.1. The highest BCUT2D eigenvalue weighted by Crippen LogP contribution is 2.35. The lowest BCUT2D eigenvalue weighted by molar-refractivity contribution is -0.0278. The van der Waals surface area contributed by atoms with E-state index in [1.165, 1.54) is 6.07 Å². The number of aliphatic hydroxyl groups is 1. The van der Waals surface area contributed by atoms with Gasteiger partial charge in [-0.05, 0) is 55.5 Å². The molecular weight excluding hydrogens is 423 g/mol. The summed E-state index contributed by atoms with van der Waals surface area (Å²) in [5.74, 6) is -0.199. The standard InChI is InChI=1S/C26H29FN2O4/c27-22-6-2-1-4-18(22)17-29-11-9-26(31,10-12-29)20-7-8-23-19(14-20)15-24(33-23)25(30)28-16-21-5-3-13-32-21/h1-2,4,6-8,14-15,21,31H,3,5,9-13,16-17H2,(H,28,30)/t21-/m0/s1. The molecule has 5 rings (SSSR count). The van der Waals surface area contributed by atoms with Crippen LogP contribution in [0.4, 0.5) is 4.39 Å². The van der Waals surface area contributed by atoms with E-state index in [9.17, 15) is 14.3 Å². The SMILES string of the molecule is O=C(NC[C@@H]1CCCO1)c1cc2cc(C3(O)CCN(Cc4ccccc4F)CC3)ccc2o1. The number of furan rings is 1. The second kappa shape index (κ2) is 9.25. The number of nitrogens with zero attached hydrogens (tertiary/aromatic N) is 1. The number of piperidine rings is 1. The number of likely N-dealkylation sites (tertiary alicyclic amines) is 1. The summed E-state index contributed by atoms with van der Waals surface area (Å²) in [5, 5.41) is 15.0. The number of ether oxygens (including phenoxy) is 1. The number of carbonyl (C=O) groups is 1. The Labute approximate surface area is 192 Å². The number of amides is 1. The molecule has 33 heavy (non-hydrogen) atoms. The predicted octanol–water partition coefficient (Wildman–Crippen LogP) is 3.96. The molecule has 2 aromatic carbocycles. The normalized spacial score (nSPS) is 20.8. The lowest BCUT2D eigenvalue weighted by atomic mass is 9.84. The Morgan fingerprint density at radius 2 is 2.00 bits per heavy atom. The number of carbonyl (C=O) groups excluding carboxylic acids is 1. The van der Waals surface area contributed by atoms with Gasteiger partial charge < -0.3 is 19.6 Å². The van der Waals surface area contributed by atoms with E-state index in [2.05, 4.69) is 10.2 Å². The van der Waals surface area contributed by atoms with Crippen LogP contribution >= 0.6 is 0 Å². The number of halogens is 1. The Morgan fingerprint density at radius 1 is 1.18 bits per heavy atom. The molecule has 2 aliphatic heterocycles. The zero-order chi connectivity index (χ0) is 22.8. The minimum atomic E-state index is -0.959. The van der Waals surface area contributed by atoms with E-state index in [1.807, 2.05) is 24.3 Å². The van der Waals surface area contributed by atoms with Crippen LogP contribution in [0.15, 0.2) is 52.9 Å². The van der Waals surface area contributed by atoms with Gasteiger partial charge in [0.1, 0.15) is 11.4 Å². The van der Waals surface area contributed by atoms with Gasteiger partial charge in [0.25, 0.3) is 5.91 Å². The highest BCUT2D eigenvalue weighted by Gasteiger charge is 2.34. The van der Waals surface area contributed by atoms with E-state index in [0.717, 1.165) is 30.4 Å². The number of hydrogen-bond acceptors (Lipinski definition) is 5. The second-order valence-corrected chi connectivity index (χ2v) is 9.11. The molecule has 1 aromatic heterocycles. The van der Waals surface area contributed by atoms with E-state index < -0.39 is 5.60 Å². The monoisotopic (exact) mass is 452 g/mol. The molecular formula is C26H29FN2O4. The molecule has 0 bridgehead atoms. The Morgan fingerprint density at radius 3 is 2.76 bits per heavy atom. The van der Waals surface area contributed by atoms with Gasteiger partial charge in [0.05, 0.1) is 11.7 Å². The number of hydrogen-bond donors (Lipinski definition) is 2. The summed E-state index contributed by atoms with van der Waals surface area (Å²) >= 11 is 0. The number of fused-ring (bicyclic) bond motifs is 1. The fourth-order valence-corrected chi connectivity index (χ4v) is 4.78. The molecule has 2 fully saturated rings. The maximum Gasteiger partial charge on any atom is 0.287 e. The van der Waals surface area contributed by atoms with E-state index in [0.29, 0.717) is 50.2 Å². The fraction of sp³-hybridized carbons (Fsp3) is 0.423. The van der Waals surface area contributed by atoms with Gasteiger partial charge in [-0.25, -0.2) is 4.39 Å². The van der Waals surface area contributed by atoms with Crippen LogP contribution in [0.5, 0.6) is 0 Å². The summed E-state index contributed by atoms with van der Waals surface area (Å²) in [5.41, 5.74) is 1.14. The Hall–Kier alpha value is -2.74. The minimum absolute atomic E-state index is 0.0726. The van der Waals surface area contributed by atoms with Crippen LogP contribution in [0, 0.1) is 5.82 Å². The quantitative estimate of drug-likeness (QED) is 0.592. The molecule has 3 aromatic rings. The summed E-state index contributed by atoms with van der Waals surface area (Å²) in [6.45, 7) is 3.10. The first kappa shape index (κ1) is 22.1. The van der Waals surface area contributed by atoms with Crippen molar-refractivity contribution in [2.75, 3.05) is 26.2 Å². The molecule has 7 heteroatoms. The largest absolute Gasteiger partial charge is 0.451 e. The van der Waals surface area contributed by atoms with Gasteiger partial charge in [0.15, 0.2) is 5.76 Å². The number of rotatable bonds is 6. The third-order valence-electron chi connectivity index (χ3n) is 6.83. The van der Waals surface area contributed by atoms with Crippen molar-refractivity contribution in [3.05, 3.63) is 71.2 Å². The third kappa shape index (κ3) is 4.81. The van der Waals surface area contributed by atoms with Gasteiger partial charge in [-0.1, -0.05) is 24.3 Å². The number of nitrogens with one attached hydrogen (secondary N) is 1. The van der Waals surface area contributed by atoms with Crippen LogP contribution < -0.4 is 5.32 Å². The van der Waals surface area contributed by atoms with Gasteiger partial charge in [-0.2, -0.15) is 0 Å². The molecule has 1 amide bonds. The van der Waals surface area contributed by atoms with Crippen molar-refractivity contribution in [2.24, 2.45) is 0 Å². The van der Waals surface area contributed by atoms with Crippen molar-refractivity contribution in [1.82, 2.24) is 10.2 Å². The minimum Gasteiger partial charge on any atom is -0.451 e. The van der Waals surface area contributed by atoms with Crippen LogP contribution in [-0.4, -0.2) is 48.3 Å². The van der Waals surface area contributed by atoms with Crippen LogP contribution in [0.1, 0.15) is 47.4 Å². The van der Waals surface area contributed by atoms with Crippen molar-refractivity contribution in [2.45, 2.75) is 43.9 Å². The zero-order valence-corrected chi connectivity index (χ0v) is 18.6. The lowest BCUT2D eigenvalue weighted by Crippen LogP contribution is -2.42. The molecule has 0 saturated carbocycles. The first-order valence-electron chi connectivity index (χ1n) is 11.6. The Bertz CT molecular complexity index is 1130. The molecule has 174 valence electrons. The average Bonchev–Trinajstić information content (AvgIpc) is 3.50. The summed E-state index contributed by atoms with van der Waals surface area (Å²) < 4.78 is 25.3. The van der Waals surface area contributed by atoms with Crippen molar-refractivity contribution < 1.29 is 23.4 Å². The first-order chi connectivity index (χ1) is 16.0. The number of benzene rings is 2. The third-order valence-corrected chi connectivity index (χ3v) is 6.83. The molecule has 6 nitrogen and oxygen atoms in total. The van der Waals surface area contributed by atoms with E-state index >= 15 is 0 Å². The molecule has 2 aliphatic rings. The van der Waals surface area contributed by atoms with Gasteiger partial charge >= 0.3 is 0 Å². The molecule has 0 radical (unpaired) electrons. The van der Waals surface area contributed by atoms with Crippen LogP contribution in [0.3, 0.4) is 0 Å². The van der Waals surface area contributed by atoms with E-state index in [4.69, 9.17) is 9.15 Å². The first-order valence-corrected chi connectivity index (χ1v) is 11.6. The van der Waals surface area contributed by atoms with Gasteiger partial charge in [-0.15, -0.1) is 0 Å². The topological polar surface area (TPSA) is 74.9 Å². The predicted molar refractivity (Wildman–Crippen MR) is 122 cm³/mol. The van der Waals surface area contributed by atoms with Crippen molar-refractivity contribution in [3.8, 4) is 0 Å². The van der Waals surface area contributed by atoms with Gasteiger partial charge in [0.2, 0.25) is 0 Å². The van der Waals surface area contributed by atoms with Crippen LogP contribution in [0.2, 0.25) is 0 Å². The average molecular weight is 453 g/mol. The van der Waals surface area contributed by atoms with Crippen LogP contribution in [-0.2, 0) is 16.9 Å². The summed E-state index contributed by atoms with van der Waals surface area (Å²) in [7, 11) is 0. The smallest absolute Gasteiger partial charge is 0.287 e. The Kier molecular flexibility index (Phi) is 6.19. The van der Waals surface area contributed by atoms with Crippen molar-refractivity contribution >= 4 is 16.9 Å². The maximum absolute atomic E-state index is 14.0.